The maximum atomic E-state index is 14.9. The highest BCUT2D eigenvalue weighted by atomic mass is 35.5. The zero-order valence-corrected chi connectivity index (χ0v) is 21.6. The first kappa shape index (κ1) is 24.8. The molecule has 1 saturated heterocycles. The van der Waals surface area contributed by atoms with Crippen LogP contribution in [0.2, 0.25) is 23.2 Å². The van der Waals surface area contributed by atoms with Crippen LogP contribution in [0.5, 0.6) is 0 Å². The highest BCUT2D eigenvalue weighted by Crippen LogP contribution is 2.41. The molecule has 1 aliphatic heterocycles. The molecule has 33 heavy (non-hydrogen) atoms. The number of benzene rings is 2. The second-order valence-electron chi connectivity index (χ2n) is 10.5. The predicted octanol–water partition coefficient (Wildman–Crippen LogP) is 9.53. The van der Waals surface area contributed by atoms with Gasteiger partial charge in [0.25, 0.3) is 0 Å². The van der Waals surface area contributed by atoms with Gasteiger partial charge in [-0.05, 0) is 78.8 Å². The largest absolute Gasteiger partial charge is 0.206 e. The minimum atomic E-state index is -0.675. The van der Waals surface area contributed by atoms with Crippen LogP contribution in [0, 0.1) is 29.3 Å². The summed E-state index contributed by atoms with van der Waals surface area (Å²) in [7, 11) is -0.390. The molecule has 2 aromatic carbocycles. The Morgan fingerprint density at radius 3 is 2.00 bits per heavy atom. The van der Waals surface area contributed by atoms with Crippen molar-refractivity contribution in [3.63, 3.8) is 0 Å². The van der Waals surface area contributed by atoms with E-state index in [1.165, 1.54) is 62.4 Å². The van der Waals surface area contributed by atoms with Crippen molar-refractivity contribution in [3.05, 3.63) is 58.4 Å². The van der Waals surface area contributed by atoms with Gasteiger partial charge in [0.2, 0.25) is 0 Å². The monoisotopic (exact) mass is 492 g/mol. The number of hydrogen-bond donors (Lipinski definition) is 0. The Kier molecular flexibility index (Phi) is 8.62. The fourth-order valence-electron chi connectivity index (χ4n) is 6.23. The van der Waals surface area contributed by atoms with Crippen LogP contribution in [-0.4, -0.2) is 8.80 Å². The molecule has 5 heteroatoms. The minimum Gasteiger partial charge on any atom is -0.206 e. The lowest BCUT2D eigenvalue weighted by molar-refractivity contribution is 0.279. The minimum absolute atomic E-state index is 0.0565. The third-order valence-corrected chi connectivity index (χ3v) is 12.2. The van der Waals surface area contributed by atoms with Crippen molar-refractivity contribution in [2.75, 3.05) is 0 Å². The Balaban J connectivity index is 1.30. The average molecular weight is 493 g/mol. The van der Waals surface area contributed by atoms with Gasteiger partial charge in [0.15, 0.2) is 0 Å². The van der Waals surface area contributed by atoms with Crippen LogP contribution < -0.4 is 0 Å². The third-order valence-electron chi connectivity index (χ3n) is 8.24. The topological polar surface area (TPSA) is 0 Å². The van der Waals surface area contributed by atoms with Gasteiger partial charge in [0.1, 0.15) is 17.5 Å². The fourth-order valence-corrected chi connectivity index (χ4v) is 9.91. The van der Waals surface area contributed by atoms with Crippen LogP contribution in [0.15, 0.2) is 30.3 Å². The first-order chi connectivity index (χ1) is 15.9. The van der Waals surface area contributed by atoms with Crippen molar-refractivity contribution in [2.45, 2.75) is 88.8 Å². The number of hydrogen-bond acceptors (Lipinski definition) is 0. The molecule has 0 radical (unpaired) electrons. The van der Waals surface area contributed by atoms with E-state index in [0.717, 1.165) is 49.1 Å². The molecule has 0 spiro atoms. The van der Waals surface area contributed by atoms with E-state index in [1.54, 1.807) is 12.1 Å². The van der Waals surface area contributed by atoms with Gasteiger partial charge in [-0.25, -0.2) is 13.2 Å². The lowest BCUT2D eigenvalue weighted by atomic mass is 9.76. The van der Waals surface area contributed by atoms with Crippen LogP contribution in [0.25, 0.3) is 11.1 Å². The van der Waals surface area contributed by atoms with Gasteiger partial charge < -0.3 is 0 Å². The van der Waals surface area contributed by atoms with E-state index >= 15 is 0 Å². The average Bonchev–Trinajstić information content (AvgIpc) is 2.81. The molecule has 0 amide bonds. The van der Waals surface area contributed by atoms with Crippen LogP contribution in [-0.2, 0) is 0 Å². The van der Waals surface area contributed by atoms with Gasteiger partial charge in [0, 0.05) is 8.80 Å². The molecule has 1 saturated carbocycles. The van der Waals surface area contributed by atoms with Gasteiger partial charge in [-0.15, -0.1) is 0 Å². The van der Waals surface area contributed by atoms with E-state index in [9.17, 15) is 13.2 Å². The van der Waals surface area contributed by atoms with Crippen molar-refractivity contribution in [2.24, 2.45) is 11.8 Å². The summed E-state index contributed by atoms with van der Waals surface area (Å²) in [5.41, 5.74) is 0.731. The molecule has 0 N–H and O–H groups in total. The second-order valence-corrected chi connectivity index (χ2v) is 14.3. The van der Waals surface area contributed by atoms with Crippen LogP contribution in [0.3, 0.4) is 0 Å². The Labute approximate surface area is 203 Å². The molecule has 180 valence electrons. The highest BCUT2D eigenvalue weighted by molar-refractivity contribution is 6.58. The summed E-state index contributed by atoms with van der Waals surface area (Å²) >= 11 is 5.71. The van der Waals surface area contributed by atoms with Gasteiger partial charge in [0.05, 0.1) is 10.6 Å². The summed E-state index contributed by atoms with van der Waals surface area (Å²) in [5, 5.41) is -0.0565. The zero-order valence-electron chi connectivity index (χ0n) is 19.7. The third kappa shape index (κ3) is 6.25. The Morgan fingerprint density at radius 1 is 0.818 bits per heavy atom. The lowest BCUT2D eigenvalue weighted by Crippen LogP contribution is -2.22. The molecule has 2 fully saturated rings. The van der Waals surface area contributed by atoms with E-state index in [1.807, 2.05) is 0 Å². The standard InChI is InChI=1S/C28H36ClF3Si/c1-2-13-33-14-11-20(12-15-33)4-3-19-5-7-21(8-6-19)23-17-26(31)28(27(32)18-23)22-9-10-24(29)25(30)16-22/h9-10,16-21,33H,2-8,11-15H2,1H3/t19?,20-,21?,33-. The maximum Gasteiger partial charge on any atom is 0.142 e. The second kappa shape index (κ2) is 11.4. The molecule has 0 nitrogen and oxygen atoms in total. The first-order valence-electron chi connectivity index (χ1n) is 12.9. The lowest BCUT2D eigenvalue weighted by Gasteiger charge is -2.32. The van der Waals surface area contributed by atoms with E-state index in [-0.39, 0.29) is 22.1 Å². The Hall–Kier alpha value is -1.26. The fraction of sp³-hybridized carbons (Fsp3) is 0.571. The van der Waals surface area contributed by atoms with Crippen molar-refractivity contribution >= 4 is 20.4 Å². The molecule has 4 rings (SSSR count). The number of halogens is 4. The number of rotatable bonds is 7. The van der Waals surface area contributed by atoms with Gasteiger partial charge >= 0.3 is 0 Å². The smallest absolute Gasteiger partial charge is 0.142 e. The van der Waals surface area contributed by atoms with Crippen LogP contribution in [0.4, 0.5) is 13.2 Å². The van der Waals surface area contributed by atoms with Gasteiger partial charge in [-0.1, -0.05) is 74.8 Å². The van der Waals surface area contributed by atoms with Crippen molar-refractivity contribution in [3.8, 4) is 11.1 Å². The summed E-state index contributed by atoms with van der Waals surface area (Å²) < 4.78 is 43.5. The molecule has 1 aliphatic carbocycles. The van der Waals surface area contributed by atoms with Gasteiger partial charge in [-0.2, -0.15) is 0 Å². The summed E-state index contributed by atoms with van der Waals surface area (Å²) in [6.07, 6.45) is 11.3. The summed E-state index contributed by atoms with van der Waals surface area (Å²) in [4.78, 5) is 0. The molecular formula is C28H36ClF3Si. The predicted molar refractivity (Wildman–Crippen MR) is 135 cm³/mol. The molecule has 0 bridgehead atoms. The summed E-state index contributed by atoms with van der Waals surface area (Å²) in [6.45, 7) is 2.33. The Bertz CT molecular complexity index is 908. The SMILES string of the molecule is CCC[Si@H]1CC[C@H](CCC2CCC(c3cc(F)c(-c4ccc(Cl)c(F)c4)c(F)c3)CC2)CC1. The van der Waals surface area contributed by atoms with E-state index < -0.39 is 26.2 Å². The van der Waals surface area contributed by atoms with E-state index in [2.05, 4.69) is 6.92 Å². The molecular weight excluding hydrogens is 457 g/mol. The van der Waals surface area contributed by atoms with Crippen molar-refractivity contribution in [1.82, 2.24) is 0 Å². The summed E-state index contributed by atoms with van der Waals surface area (Å²) in [5.74, 6) is -0.0232. The van der Waals surface area contributed by atoms with Gasteiger partial charge in [-0.3, -0.25) is 0 Å². The Morgan fingerprint density at radius 2 is 1.42 bits per heavy atom. The quantitative estimate of drug-likeness (QED) is 0.337. The molecule has 1 heterocycles. The molecule has 0 unspecified atom stereocenters. The maximum absolute atomic E-state index is 14.9. The first-order valence-corrected chi connectivity index (χ1v) is 15.7. The van der Waals surface area contributed by atoms with E-state index in [4.69, 9.17) is 11.6 Å². The van der Waals surface area contributed by atoms with E-state index in [0.29, 0.717) is 0 Å². The van der Waals surface area contributed by atoms with Crippen molar-refractivity contribution in [1.29, 1.82) is 0 Å². The molecule has 0 atom stereocenters. The highest BCUT2D eigenvalue weighted by Gasteiger charge is 2.27. The molecule has 2 aliphatic rings. The molecule has 0 aromatic heterocycles. The van der Waals surface area contributed by atoms with Crippen molar-refractivity contribution < 1.29 is 13.2 Å². The molecule has 2 aromatic rings. The van der Waals surface area contributed by atoms with Crippen LogP contribution in [0.1, 0.15) is 76.2 Å². The summed E-state index contributed by atoms with van der Waals surface area (Å²) in [6, 6.07) is 11.4. The zero-order chi connectivity index (χ0) is 23.4. The van der Waals surface area contributed by atoms with Crippen LogP contribution >= 0.6 is 11.6 Å². The normalized spacial score (nSPS) is 25.8.